The van der Waals surface area contributed by atoms with Crippen LogP contribution in [0.4, 0.5) is 0 Å². The summed E-state index contributed by atoms with van der Waals surface area (Å²) >= 11 is 0. The standard InChI is InChI=1S/C13H13NO4.C12H14O4.C10H12O6.C10H14O4.C5H6O2.C4H2O3/c1-6(2)11(15)17-9-7-3-8-10(9)18-12(16)13(8,4-7)5-14;1-5(2)11(13)15-9-6-3-7-8(4-6)12(14)16-10(7)9;1-6(2)9(12)15-5-8(11)16-7-3-4-14-10(7)13;1-7(2)9(12)14-10(3)4-5-13-8(11)6-10;1-4-2-3-7-5(4)6;5-3-1-2-4(6)7-3/h7-10H,1,3-4H2,2H3;6-10H,1,3-4H2,2H3;7H,1,3-5H2,2H3;1,4-6H2,2-3H3;1-3H2;1-2H. The number of esters is 12. The van der Waals surface area contributed by atoms with Gasteiger partial charge in [0.05, 0.1) is 38.2 Å². The quantitative estimate of drug-likeness (QED) is 0.131. The molecule has 24 nitrogen and oxygen atoms in total. The Morgan fingerprint density at radius 1 is 0.705 bits per heavy atom. The Morgan fingerprint density at radius 2 is 1.31 bits per heavy atom. The van der Waals surface area contributed by atoms with E-state index >= 15 is 0 Å². The summed E-state index contributed by atoms with van der Waals surface area (Å²) in [5.41, 5.74) is 0.128. The van der Waals surface area contributed by atoms with Gasteiger partial charge in [0.1, 0.15) is 30.0 Å². The number of carbonyl (C=O) groups is 12. The first kappa shape index (κ1) is 60.6. The highest BCUT2D eigenvalue weighted by Gasteiger charge is 2.72. The van der Waals surface area contributed by atoms with Gasteiger partial charge in [0.15, 0.2) is 12.0 Å². The van der Waals surface area contributed by atoms with Gasteiger partial charge in [-0.25, -0.2) is 43.2 Å². The smallest absolute Gasteiger partial charge is 0.347 e. The molecule has 4 bridgehead atoms. The van der Waals surface area contributed by atoms with E-state index in [9.17, 15) is 62.8 Å². The predicted octanol–water partition coefficient (Wildman–Crippen LogP) is 3.29. The number of hydrogen-bond acceptors (Lipinski definition) is 24. The van der Waals surface area contributed by atoms with E-state index in [0.29, 0.717) is 67.1 Å². The van der Waals surface area contributed by atoms with Crippen LogP contribution in [0.3, 0.4) is 0 Å². The third kappa shape index (κ3) is 14.8. The molecule has 5 saturated heterocycles. The van der Waals surface area contributed by atoms with E-state index in [-0.39, 0.29) is 78.4 Å². The van der Waals surface area contributed by atoms with Crippen molar-refractivity contribution in [3.8, 4) is 6.07 Å². The third-order valence-electron chi connectivity index (χ3n) is 13.8. The average molecular weight is 1090 g/mol. The molecule has 0 aromatic rings. The molecule has 12 unspecified atom stereocenters. The van der Waals surface area contributed by atoms with E-state index < -0.39 is 83.7 Å². The van der Waals surface area contributed by atoms with E-state index in [4.69, 9.17) is 33.2 Å². The molecule has 10 rings (SSSR count). The normalized spacial score (nSPS) is 30.9. The SMILES string of the molecule is C=C(C)C(=O)OC1(C)CCOC(=O)C1.C=C(C)C(=O)OC1C2CC3C(=O)OC1C3C2.C=C(C)C(=O)OC1C2CC3C1OC(=O)C3(C#N)C2.C=C(C)C(=O)OCC(=O)OC1CCOC1=O.C=C1CCOC1=O.O=C1C=CC(=O)O1. The minimum absolute atomic E-state index is 0.0504. The van der Waals surface area contributed by atoms with Crippen LogP contribution in [-0.2, 0) is 110 Å². The van der Waals surface area contributed by atoms with Crippen molar-refractivity contribution in [2.75, 3.05) is 26.4 Å². The lowest BCUT2D eigenvalue weighted by atomic mass is 9.74. The molecular weight excluding hydrogens is 1030 g/mol. The maximum absolute atomic E-state index is 11.8. The number of carbonyl (C=O) groups excluding carboxylic acids is 12. The van der Waals surface area contributed by atoms with Gasteiger partial charge in [-0.3, -0.25) is 14.4 Å². The zero-order valence-corrected chi connectivity index (χ0v) is 43.8. The summed E-state index contributed by atoms with van der Waals surface area (Å²) in [5.74, 6) is -5.02. The Hall–Kier alpha value is -8.23. The summed E-state index contributed by atoms with van der Waals surface area (Å²) < 4.78 is 53.6. The van der Waals surface area contributed by atoms with Gasteiger partial charge in [0.25, 0.3) is 0 Å². The Kier molecular flexibility index (Phi) is 20.0. The van der Waals surface area contributed by atoms with Crippen molar-refractivity contribution < 1.29 is 110 Å². The lowest BCUT2D eigenvalue weighted by molar-refractivity contribution is -0.172. The van der Waals surface area contributed by atoms with Gasteiger partial charge in [-0.15, -0.1) is 0 Å². The second-order valence-corrected chi connectivity index (χ2v) is 20.1. The third-order valence-corrected chi connectivity index (χ3v) is 13.8. The van der Waals surface area contributed by atoms with Crippen LogP contribution in [0.2, 0.25) is 0 Å². The van der Waals surface area contributed by atoms with Crippen LogP contribution in [0.15, 0.2) is 72.9 Å². The molecule has 24 heteroatoms. The molecule has 6 heterocycles. The molecule has 0 aromatic carbocycles. The maximum atomic E-state index is 11.8. The highest BCUT2D eigenvalue weighted by molar-refractivity contribution is 6.05. The Labute approximate surface area is 447 Å². The fraction of sp³-hybridized carbons (Fsp3) is 0.537. The van der Waals surface area contributed by atoms with Crippen molar-refractivity contribution >= 4 is 71.6 Å². The molecule has 0 radical (unpaired) electrons. The van der Waals surface area contributed by atoms with Crippen molar-refractivity contribution in [2.45, 2.75) is 122 Å². The molecule has 420 valence electrons. The monoisotopic (exact) mass is 1090 g/mol. The number of nitrogens with zero attached hydrogens (tertiary/aromatic N) is 1. The number of hydrogen-bond donors (Lipinski definition) is 0. The molecule has 0 amide bonds. The van der Waals surface area contributed by atoms with Crippen molar-refractivity contribution in [3.05, 3.63) is 72.9 Å². The van der Waals surface area contributed by atoms with Gasteiger partial charge < -0.3 is 52.1 Å². The van der Waals surface area contributed by atoms with Crippen LogP contribution in [0, 0.1) is 46.3 Å². The van der Waals surface area contributed by atoms with Crippen molar-refractivity contribution in [3.63, 3.8) is 0 Å². The second kappa shape index (κ2) is 25.7. The summed E-state index contributed by atoms with van der Waals surface area (Å²) in [6.07, 6.45) is 4.63. The second-order valence-electron chi connectivity index (χ2n) is 20.1. The fourth-order valence-electron chi connectivity index (χ4n) is 9.82. The predicted molar refractivity (Wildman–Crippen MR) is 259 cm³/mol. The number of rotatable bonds is 10. The van der Waals surface area contributed by atoms with Gasteiger partial charge >= 0.3 is 71.6 Å². The topological polar surface area (TPSA) is 330 Å². The van der Waals surface area contributed by atoms with Gasteiger partial charge in [0.2, 0.25) is 6.10 Å². The molecule has 78 heavy (non-hydrogen) atoms. The average Bonchev–Trinajstić information content (AvgIpc) is 4.48. The minimum atomic E-state index is -0.985. The van der Waals surface area contributed by atoms with Crippen LogP contribution in [0.25, 0.3) is 0 Å². The summed E-state index contributed by atoms with van der Waals surface area (Å²) in [7, 11) is 0. The van der Waals surface area contributed by atoms with Gasteiger partial charge in [0, 0.05) is 83.0 Å². The number of ether oxygens (including phenoxy) is 11. The van der Waals surface area contributed by atoms with Crippen molar-refractivity contribution in [1.29, 1.82) is 5.26 Å². The zero-order chi connectivity index (χ0) is 58.0. The highest BCUT2D eigenvalue weighted by atomic mass is 16.6. The number of cyclic esters (lactones) is 5. The Bertz CT molecular complexity index is 2630. The summed E-state index contributed by atoms with van der Waals surface area (Å²) in [5, 5.41) is 9.22. The van der Waals surface area contributed by atoms with Gasteiger partial charge in [-0.05, 0) is 60.3 Å². The molecule has 0 N–H and O–H groups in total. The molecule has 4 saturated carbocycles. The molecule has 6 aliphatic heterocycles. The Balaban J connectivity index is 0.000000177. The maximum Gasteiger partial charge on any atom is 0.347 e. The van der Waals surface area contributed by atoms with Crippen LogP contribution in [0.1, 0.15) is 86.0 Å². The first-order chi connectivity index (χ1) is 36.6. The van der Waals surface area contributed by atoms with Crippen molar-refractivity contribution in [2.24, 2.45) is 35.0 Å². The van der Waals surface area contributed by atoms with E-state index in [1.54, 1.807) is 27.7 Å². The Morgan fingerprint density at radius 3 is 1.78 bits per heavy atom. The molecule has 9 fully saturated rings. The number of fused-ring (bicyclic) bond motifs is 2. The lowest BCUT2D eigenvalue weighted by Gasteiger charge is -2.32. The largest absolute Gasteiger partial charge is 0.465 e. The zero-order valence-electron chi connectivity index (χ0n) is 43.8. The minimum Gasteiger partial charge on any atom is -0.465 e. The molecular formula is C54H61NO23. The van der Waals surface area contributed by atoms with E-state index in [1.165, 1.54) is 6.92 Å². The molecule has 4 aliphatic carbocycles. The first-order valence-corrected chi connectivity index (χ1v) is 24.7. The van der Waals surface area contributed by atoms with Gasteiger partial charge in [-0.2, -0.15) is 5.26 Å². The van der Waals surface area contributed by atoms with E-state index in [1.807, 2.05) is 0 Å². The summed E-state index contributed by atoms with van der Waals surface area (Å²) in [4.78, 5) is 132. The van der Waals surface area contributed by atoms with Crippen LogP contribution < -0.4 is 0 Å². The molecule has 10 aliphatic rings. The number of nitriles is 1. The fourth-order valence-corrected chi connectivity index (χ4v) is 9.82. The van der Waals surface area contributed by atoms with Crippen molar-refractivity contribution in [1.82, 2.24) is 0 Å². The van der Waals surface area contributed by atoms with Crippen LogP contribution >= 0.6 is 0 Å². The molecule has 12 atom stereocenters. The van der Waals surface area contributed by atoms with E-state index in [0.717, 1.165) is 31.4 Å². The molecule has 0 aromatic heterocycles. The van der Waals surface area contributed by atoms with Crippen LogP contribution in [0.5, 0.6) is 0 Å². The van der Waals surface area contributed by atoms with Crippen LogP contribution in [-0.4, -0.2) is 134 Å². The molecule has 0 spiro atoms. The lowest BCUT2D eigenvalue weighted by Crippen LogP contribution is -2.40. The van der Waals surface area contributed by atoms with E-state index in [2.05, 4.69) is 57.9 Å². The summed E-state index contributed by atoms with van der Waals surface area (Å²) in [6, 6.07) is 2.11. The first-order valence-electron chi connectivity index (χ1n) is 24.7. The summed E-state index contributed by atoms with van der Waals surface area (Å²) in [6.45, 7) is 25.9. The highest BCUT2D eigenvalue weighted by Crippen LogP contribution is 2.62. The van der Waals surface area contributed by atoms with Gasteiger partial charge in [-0.1, -0.05) is 32.9 Å².